The van der Waals surface area contributed by atoms with Crippen molar-refractivity contribution in [1.82, 2.24) is 5.32 Å². The standard InChI is InChI=1S/C17H25ClN2O/c1-3-8-19-16-7-6-14(18)10-15(16)17(21)20-11-13-5-4-12(2)9-13/h6-7,10,12-13,19H,3-5,8-9,11H2,1-2H3,(H,20,21). The first-order valence-corrected chi connectivity index (χ1v) is 8.29. The molecule has 2 N–H and O–H groups in total. The largest absolute Gasteiger partial charge is 0.384 e. The van der Waals surface area contributed by atoms with Crippen molar-refractivity contribution in [2.75, 3.05) is 18.4 Å². The van der Waals surface area contributed by atoms with Gasteiger partial charge in [0.1, 0.15) is 0 Å². The summed E-state index contributed by atoms with van der Waals surface area (Å²) in [5.41, 5.74) is 1.50. The lowest BCUT2D eigenvalue weighted by atomic mass is 10.1. The van der Waals surface area contributed by atoms with E-state index < -0.39 is 0 Å². The first kappa shape index (κ1) is 16.2. The van der Waals surface area contributed by atoms with E-state index in [0.29, 0.717) is 16.5 Å². The van der Waals surface area contributed by atoms with E-state index in [-0.39, 0.29) is 5.91 Å². The molecule has 1 aliphatic rings. The van der Waals surface area contributed by atoms with Crippen molar-refractivity contribution < 1.29 is 4.79 Å². The number of amides is 1. The molecule has 1 amide bonds. The van der Waals surface area contributed by atoms with Crippen LogP contribution in [0.3, 0.4) is 0 Å². The van der Waals surface area contributed by atoms with Crippen LogP contribution in [0.5, 0.6) is 0 Å². The molecule has 0 bridgehead atoms. The molecule has 1 fully saturated rings. The van der Waals surface area contributed by atoms with Crippen LogP contribution in [-0.2, 0) is 0 Å². The summed E-state index contributed by atoms with van der Waals surface area (Å²) in [4.78, 5) is 12.4. The molecule has 0 aromatic heterocycles. The first-order chi connectivity index (χ1) is 10.1. The van der Waals surface area contributed by atoms with Crippen LogP contribution in [0.2, 0.25) is 5.02 Å². The highest BCUT2D eigenvalue weighted by atomic mass is 35.5. The topological polar surface area (TPSA) is 41.1 Å². The molecule has 2 atom stereocenters. The van der Waals surface area contributed by atoms with Crippen LogP contribution in [0.25, 0.3) is 0 Å². The van der Waals surface area contributed by atoms with Crippen molar-refractivity contribution in [3.05, 3.63) is 28.8 Å². The molecule has 3 nitrogen and oxygen atoms in total. The molecule has 0 spiro atoms. The molecule has 0 saturated heterocycles. The summed E-state index contributed by atoms with van der Waals surface area (Å²) in [5, 5.41) is 6.95. The predicted molar refractivity (Wildman–Crippen MR) is 89.1 cm³/mol. The minimum Gasteiger partial charge on any atom is -0.384 e. The molecule has 1 saturated carbocycles. The Labute approximate surface area is 132 Å². The highest BCUT2D eigenvalue weighted by Gasteiger charge is 2.22. The van der Waals surface area contributed by atoms with Gasteiger partial charge in [-0.15, -0.1) is 0 Å². The Bertz CT molecular complexity index is 490. The maximum atomic E-state index is 12.4. The van der Waals surface area contributed by atoms with Crippen LogP contribution >= 0.6 is 11.6 Å². The van der Waals surface area contributed by atoms with Crippen LogP contribution in [0.4, 0.5) is 5.69 Å². The lowest BCUT2D eigenvalue weighted by molar-refractivity contribution is 0.0948. The fourth-order valence-corrected chi connectivity index (χ4v) is 3.13. The van der Waals surface area contributed by atoms with Crippen molar-refractivity contribution in [3.8, 4) is 0 Å². The molecule has 1 aromatic rings. The normalized spacial score (nSPS) is 21.3. The van der Waals surface area contributed by atoms with Gasteiger partial charge in [-0.2, -0.15) is 0 Å². The first-order valence-electron chi connectivity index (χ1n) is 7.91. The Morgan fingerprint density at radius 3 is 2.86 bits per heavy atom. The predicted octanol–water partition coefficient (Wildman–Crippen LogP) is 4.33. The van der Waals surface area contributed by atoms with E-state index in [9.17, 15) is 4.79 Å². The number of rotatable bonds is 6. The van der Waals surface area contributed by atoms with E-state index >= 15 is 0 Å². The number of anilines is 1. The zero-order chi connectivity index (χ0) is 15.2. The molecule has 4 heteroatoms. The number of carbonyl (C=O) groups excluding carboxylic acids is 1. The minimum atomic E-state index is -0.0318. The third-order valence-electron chi connectivity index (χ3n) is 4.15. The number of nitrogens with one attached hydrogen (secondary N) is 2. The van der Waals surface area contributed by atoms with Crippen LogP contribution in [0.15, 0.2) is 18.2 Å². The highest BCUT2D eigenvalue weighted by molar-refractivity contribution is 6.31. The lowest BCUT2D eigenvalue weighted by Gasteiger charge is -2.14. The van der Waals surface area contributed by atoms with Gasteiger partial charge in [0.25, 0.3) is 5.91 Å². The van der Waals surface area contributed by atoms with Crippen LogP contribution < -0.4 is 10.6 Å². The highest BCUT2D eigenvalue weighted by Crippen LogP contribution is 2.29. The second kappa shape index (κ2) is 7.69. The molecule has 0 heterocycles. The van der Waals surface area contributed by atoms with E-state index in [2.05, 4.69) is 24.5 Å². The van der Waals surface area contributed by atoms with Gasteiger partial charge in [0, 0.05) is 23.8 Å². The average Bonchev–Trinajstić information content (AvgIpc) is 2.89. The van der Waals surface area contributed by atoms with E-state index in [1.807, 2.05) is 12.1 Å². The molecule has 2 unspecified atom stereocenters. The second-order valence-corrected chi connectivity index (χ2v) is 6.55. The molecule has 0 aliphatic heterocycles. The van der Waals surface area contributed by atoms with Gasteiger partial charge in [-0.25, -0.2) is 0 Å². The van der Waals surface area contributed by atoms with Crippen molar-refractivity contribution in [3.63, 3.8) is 0 Å². The quantitative estimate of drug-likeness (QED) is 0.821. The number of hydrogen-bond acceptors (Lipinski definition) is 2. The van der Waals surface area contributed by atoms with Gasteiger partial charge >= 0.3 is 0 Å². The summed E-state index contributed by atoms with van der Waals surface area (Å²) in [6.07, 6.45) is 4.74. The van der Waals surface area contributed by atoms with Gasteiger partial charge in [0.15, 0.2) is 0 Å². The number of carbonyl (C=O) groups is 1. The lowest BCUT2D eigenvalue weighted by Crippen LogP contribution is -2.29. The molecular formula is C17H25ClN2O. The smallest absolute Gasteiger partial charge is 0.253 e. The van der Waals surface area contributed by atoms with Crippen LogP contribution in [0, 0.1) is 11.8 Å². The maximum absolute atomic E-state index is 12.4. The third-order valence-corrected chi connectivity index (χ3v) is 4.38. The minimum absolute atomic E-state index is 0.0318. The average molecular weight is 309 g/mol. The third kappa shape index (κ3) is 4.63. The van der Waals surface area contributed by atoms with E-state index in [1.165, 1.54) is 19.3 Å². The molecule has 2 rings (SSSR count). The summed E-state index contributed by atoms with van der Waals surface area (Å²) in [6.45, 7) is 6.00. The number of hydrogen-bond donors (Lipinski definition) is 2. The van der Waals surface area contributed by atoms with E-state index in [0.717, 1.165) is 31.1 Å². The summed E-state index contributed by atoms with van der Waals surface area (Å²) >= 11 is 6.03. The summed E-state index contributed by atoms with van der Waals surface area (Å²) < 4.78 is 0. The van der Waals surface area contributed by atoms with Gasteiger partial charge in [-0.3, -0.25) is 4.79 Å². The summed E-state index contributed by atoms with van der Waals surface area (Å²) in [6, 6.07) is 5.44. The number of benzene rings is 1. The molecule has 116 valence electrons. The molecular weight excluding hydrogens is 284 g/mol. The van der Waals surface area contributed by atoms with Gasteiger partial charge in [-0.05, 0) is 49.3 Å². The van der Waals surface area contributed by atoms with Gasteiger partial charge in [0.05, 0.1) is 5.56 Å². The van der Waals surface area contributed by atoms with Gasteiger partial charge < -0.3 is 10.6 Å². The van der Waals surface area contributed by atoms with Crippen molar-refractivity contribution in [1.29, 1.82) is 0 Å². The molecule has 1 aliphatic carbocycles. The Morgan fingerprint density at radius 2 is 2.19 bits per heavy atom. The van der Waals surface area contributed by atoms with Crippen molar-refractivity contribution in [2.45, 2.75) is 39.5 Å². The van der Waals surface area contributed by atoms with Gasteiger partial charge in [-0.1, -0.05) is 31.9 Å². The zero-order valence-corrected chi connectivity index (χ0v) is 13.7. The monoisotopic (exact) mass is 308 g/mol. The van der Waals surface area contributed by atoms with Crippen molar-refractivity contribution >= 4 is 23.2 Å². The van der Waals surface area contributed by atoms with E-state index in [1.54, 1.807) is 6.07 Å². The molecule has 21 heavy (non-hydrogen) atoms. The summed E-state index contributed by atoms with van der Waals surface area (Å²) in [5.74, 6) is 1.38. The zero-order valence-electron chi connectivity index (χ0n) is 12.9. The van der Waals surface area contributed by atoms with Crippen molar-refractivity contribution in [2.24, 2.45) is 11.8 Å². The Kier molecular flexibility index (Phi) is 5.92. The molecule has 1 aromatic carbocycles. The fraction of sp³-hybridized carbons (Fsp3) is 0.588. The number of halogens is 1. The molecule has 0 radical (unpaired) electrons. The van der Waals surface area contributed by atoms with Crippen LogP contribution in [-0.4, -0.2) is 19.0 Å². The summed E-state index contributed by atoms with van der Waals surface area (Å²) in [7, 11) is 0. The van der Waals surface area contributed by atoms with Gasteiger partial charge in [0.2, 0.25) is 0 Å². The second-order valence-electron chi connectivity index (χ2n) is 6.11. The van der Waals surface area contributed by atoms with E-state index in [4.69, 9.17) is 11.6 Å². The fourth-order valence-electron chi connectivity index (χ4n) is 2.96. The Hall–Kier alpha value is -1.22. The Balaban J connectivity index is 1.98. The SMILES string of the molecule is CCCNc1ccc(Cl)cc1C(=O)NCC1CCC(C)C1. The maximum Gasteiger partial charge on any atom is 0.253 e. The van der Waals surface area contributed by atoms with Crippen LogP contribution in [0.1, 0.15) is 49.9 Å². The Morgan fingerprint density at radius 1 is 1.38 bits per heavy atom.